The van der Waals surface area contributed by atoms with Crippen LogP contribution in [0, 0.1) is 0 Å². The second kappa shape index (κ2) is 9.44. The maximum atomic E-state index is 13.3. The minimum absolute atomic E-state index is 0.00428. The monoisotopic (exact) mass is 499 g/mol. The Bertz CT molecular complexity index is 1240. The fraction of sp³-hybridized carbons (Fsp3) is 0.429. The first kappa shape index (κ1) is 24.3. The summed E-state index contributed by atoms with van der Waals surface area (Å²) in [5, 5.41) is 15.1. The number of hydrogen-bond acceptors (Lipinski definition) is 9. The van der Waals surface area contributed by atoms with E-state index in [0.29, 0.717) is 5.76 Å². The molecule has 1 aromatic carbocycles. The molecule has 2 aliphatic rings. The number of anilines is 2. The van der Waals surface area contributed by atoms with Crippen molar-refractivity contribution in [3.05, 3.63) is 57.1 Å². The molecule has 1 aromatic heterocycles. The number of benzene rings is 1. The van der Waals surface area contributed by atoms with Gasteiger partial charge in [-0.15, -0.1) is 13.2 Å². The third kappa shape index (κ3) is 5.16. The van der Waals surface area contributed by atoms with Crippen LogP contribution in [0.1, 0.15) is 13.3 Å². The topological polar surface area (TPSA) is 119 Å². The van der Waals surface area contributed by atoms with Crippen LogP contribution in [0.15, 0.2) is 45.8 Å². The van der Waals surface area contributed by atoms with Gasteiger partial charge in [0.1, 0.15) is 28.8 Å². The Morgan fingerprint density at radius 1 is 1.23 bits per heavy atom. The normalized spacial score (nSPS) is 18.9. The Morgan fingerprint density at radius 2 is 1.97 bits per heavy atom. The maximum Gasteiger partial charge on any atom is 0.573 e. The maximum absolute atomic E-state index is 13.3. The molecule has 0 saturated heterocycles. The number of fused-ring (bicyclic) bond motifs is 1. The van der Waals surface area contributed by atoms with Crippen molar-refractivity contribution in [3.8, 4) is 11.5 Å². The Balaban J connectivity index is 1.69. The number of aliphatic hydroxyl groups is 1. The zero-order valence-corrected chi connectivity index (χ0v) is 18.8. The minimum atomic E-state index is -4.87. The molecular weight excluding hydrogens is 475 g/mol. The van der Waals surface area contributed by atoms with E-state index in [9.17, 15) is 22.8 Å². The van der Waals surface area contributed by atoms with Gasteiger partial charge in [0.05, 0.1) is 6.54 Å². The van der Waals surface area contributed by atoms with Gasteiger partial charge in [-0.2, -0.15) is 0 Å². The number of nitrogens with one attached hydrogen (secondary N) is 2. The lowest BCUT2D eigenvalue weighted by Crippen LogP contribution is -2.48. The van der Waals surface area contributed by atoms with E-state index < -0.39 is 35.9 Å². The van der Waals surface area contributed by atoms with Crippen LogP contribution >= 0.6 is 0 Å². The van der Waals surface area contributed by atoms with Crippen molar-refractivity contribution < 1.29 is 32.5 Å². The third-order valence-electron chi connectivity index (χ3n) is 5.35. The predicted octanol–water partition coefficient (Wildman–Crippen LogP) is 1.23. The summed E-state index contributed by atoms with van der Waals surface area (Å²) in [6.07, 6.45) is -4.64. The summed E-state index contributed by atoms with van der Waals surface area (Å²) < 4.78 is 55.7. The van der Waals surface area contributed by atoms with E-state index >= 15 is 0 Å². The molecule has 2 unspecified atom stereocenters. The number of ether oxygens (including phenoxy) is 3. The highest BCUT2D eigenvalue weighted by Crippen LogP contribution is 2.33. The number of hydrogen-bond donors (Lipinski definition) is 3. The van der Waals surface area contributed by atoms with Gasteiger partial charge >= 0.3 is 12.1 Å². The number of rotatable bonds is 8. The molecule has 11 nitrogen and oxygen atoms in total. The molecule has 3 N–H and O–H groups in total. The van der Waals surface area contributed by atoms with Crippen LogP contribution in [0.4, 0.5) is 24.7 Å². The third-order valence-corrected chi connectivity index (χ3v) is 5.35. The lowest BCUT2D eigenvalue weighted by molar-refractivity contribution is -0.274. The number of aliphatic hydroxyl groups excluding tert-OH is 1. The molecule has 35 heavy (non-hydrogen) atoms. The molecule has 190 valence electrons. The van der Waals surface area contributed by atoms with Gasteiger partial charge < -0.3 is 34.9 Å². The van der Waals surface area contributed by atoms with Crippen molar-refractivity contribution in [2.45, 2.75) is 38.8 Å². The van der Waals surface area contributed by atoms with Crippen LogP contribution in [0.2, 0.25) is 0 Å². The zero-order chi connectivity index (χ0) is 25.3. The van der Waals surface area contributed by atoms with Crippen LogP contribution in [0.25, 0.3) is 0 Å². The predicted molar refractivity (Wildman–Crippen MR) is 118 cm³/mol. The van der Waals surface area contributed by atoms with Crippen LogP contribution < -0.4 is 36.3 Å². The standard InChI is InChI=1S/C21H24F3N5O6/c1-12-10-25-15(33-12)11-29-16-17(27(2)20(32)28(18(16)31)7-4-8-30)26-19(29)34-13-5-3-6-14(9-13)35-21(22,23)24/h3,5-6,9-10,15,19,25-26,30H,4,7-8,11H2,1-2H3. The fourth-order valence-electron chi connectivity index (χ4n) is 3.84. The summed E-state index contributed by atoms with van der Waals surface area (Å²) >= 11 is 0. The fourth-order valence-corrected chi connectivity index (χ4v) is 3.84. The van der Waals surface area contributed by atoms with Gasteiger partial charge in [-0.1, -0.05) is 6.07 Å². The van der Waals surface area contributed by atoms with Gasteiger partial charge in [0.2, 0.25) is 0 Å². The number of allylic oxidation sites excluding steroid dienone is 1. The van der Waals surface area contributed by atoms with Gasteiger partial charge in [-0.05, 0) is 25.5 Å². The van der Waals surface area contributed by atoms with E-state index in [0.717, 1.165) is 16.7 Å². The molecule has 3 heterocycles. The summed E-state index contributed by atoms with van der Waals surface area (Å²) in [6.45, 7) is 1.63. The average Bonchev–Trinajstić information content (AvgIpc) is 3.35. The highest BCUT2D eigenvalue weighted by molar-refractivity contribution is 5.71. The average molecular weight is 499 g/mol. The van der Waals surface area contributed by atoms with Crippen molar-refractivity contribution in [3.63, 3.8) is 0 Å². The Morgan fingerprint density at radius 3 is 2.63 bits per heavy atom. The van der Waals surface area contributed by atoms with E-state index in [1.165, 1.54) is 28.6 Å². The van der Waals surface area contributed by atoms with Crippen molar-refractivity contribution >= 4 is 11.5 Å². The second-order valence-electron chi connectivity index (χ2n) is 7.89. The Hall–Kier alpha value is -3.81. The van der Waals surface area contributed by atoms with Crippen LogP contribution in [-0.4, -0.2) is 46.3 Å². The smallest absolute Gasteiger partial charge is 0.472 e. The van der Waals surface area contributed by atoms with Gasteiger partial charge in [0.25, 0.3) is 11.9 Å². The highest BCUT2D eigenvalue weighted by Gasteiger charge is 2.38. The van der Waals surface area contributed by atoms with Crippen molar-refractivity contribution in [2.75, 3.05) is 23.4 Å². The number of halogens is 3. The first-order valence-corrected chi connectivity index (χ1v) is 10.7. The minimum Gasteiger partial charge on any atom is -0.472 e. The Kier molecular flexibility index (Phi) is 6.56. The van der Waals surface area contributed by atoms with Crippen molar-refractivity contribution in [2.24, 2.45) is 7.05 Å². The van der Waals surface area contributed by atoms with Gasteiger partial charge in [-0.25, -0.2) is 4.79 Å². The molecule has 2 atom stereocenters. The summed E-state index contributed by atoms with van der Waals surface area (Å²) in [4.78, 5) is 27.6. The Labute approximate surface area is 196 Å². The molecule has 0 bridgehead atoms. The lowest BCUT2D eigenvalue weighted by Gasteiger charge is -2.28. The second-order valence-corrected chi connectivity index (χ2v) is 7.89. The summed E-state index contributed by atoms with van der Waals surface area (Å²) in [5.74, 6) is 0.354. The lowest BCUT2D eigenvalue weighted by atomic mass is 10.3. The van der Waals surface area contributed by atoms with Gasteiger partial charge in [0, 0.05) is 32.5 Å². The number of nitrogens with zero attached hydrogens (tertiary/aromatic N) is 3. The zero-order valence-electron chi connectivity index (χ0n) is 18.8. The molecule has 4 rings (SSSR count). The molecule has 14 heteroatoms. The van der Waals surface area contributed by atoms with Gasteiger partial charge in [-0.3, -0.25) is 13.9 Å². The summed E-state index contributed by atoms with van der Waals surface area (Å²) in [7, 11) is 1.47. The van der Waals surface area contributed by atoms with E-state index in [1.807, 2.05) is 0 Å². The van der Waals surface area contributed by atoms with E-state index in [1.54, 1.807) is 13.1 Å². The first-order valence-electron chi connectivity index (χ1n) is 10.7. The molecular formula is C21H24F3N5O6. The number of aromatic nitrogens is 2. The van der Waals surface area contributed by atoms with Crippen molar-refractivity contribution in [1.29, 1.82) is 0 Å². The molecule has 0 aliphatic carbocycles. The molecule has 0 saturated carbocycles. The molecule has 0 spiro atoms. The van der Waals surface area contributed by atoms with E-state index in [2.05, 4.69) is 15.4 Å². The largest absolute Gasteiger partial charge is 0.573 e. The molecule has 2 aliphatic heterocycles. The van der Waals surface area contributed by atoms with E-state index in [-0.39, 0.29) is 43.4 Å². The molecule has 0 radical (unpaired) electrons. The molecule has 0 fully saturated rings. The molecule has 0 amide bonds. The van der Waals surface area contributed by atoms with Crippen LogP contribution in [0.3, 0.4) is 0 Å². The number of alkyl halides is 3. The van der Waals surface area contributed by atoms with Crippen molar-refractivity contribution in [1.82, 2.24) is 14.5 Å². The van der Waals surface area contributed by atoms with E-state index in [4.69, 9.17) is 14.6 Å². The van der Waals surface area contributed by atoms with Crippen LogP contribution in [-0.2, 0) is 18.3 Å². The summed E-state index contributed by atoms with van der Waals surface area (Å²) in [6, 6.07) is 4.95. The molecule has 2 aromatic rings. The SMILES string of the molecule is CC1=CNC(CN2c3c(n(C)c(=O)n(CCCO)c3=O)NC2Oc2cccc(OC(F)(F)F)c2)O1. The van der Waals surface area contributed by atoms with Crippen LogP contribution in [0.5, 0.6) is 11.5 Å². The van der Waals surface area contributed by atoms with Gasteiger partial charge in [0.15, 0.2) is 6.23 Å². The first-order chi connectivity index (χ1) is 16.6. The summed E-state index contributed by atoms with van der Waals surface area (Å²) in [5.41, 5.74) is -1.08. The quantitative estimate of drug-likeness (QED) is 0.493. The highest BCUT2D eigenvalue weighted by atomic mass is 19.4.